The molecule has 0 saturated carbocycles. The average Bonchev–Trinajstić information content (AvgIpc) is 3.05. The van der Waals surface area contributed by atoms with E-state index in [0.717, 1.165) is 11.1 Å². The van der Waals surface area contributed by atoms with Gasteiger partial charge in [0.25, 0.3) is 0 Å². The normalized spacial score (nSPS) is 15.0. The Labute approximate surface area is 136 Å². The zero-order valence-corrected chi connectivity index (χ0v) is 13.8. The van der Waals surface area contributed by atoms with Crippen LogP contribution in [-0.2, 0) is 4.79 Å². The summed E-state index contributed by atoms with van der Waals surface area (Å²) < 4.78 is 0. The minimum absolute atomic E-state index is 0.0323. The predicted molar refractivity (Wildman–Crippen MR) is 91.2 cm³/mol. The average molecular weight is 317 g/mol. The molecule has 0 saturated heterocycles. The number of hydrogen-bond donors (Lipinski definition) is 2. The lowest BCUT2D eigenvalue weighted by atomic mass is 9.93. The van der Waals surface area contributed by atoms with E-state index < -0.39 is 6.10 Å². The molecule has 0 aliphatic carbocycles. The van der Waals surface area contributed by atoms with Crippen LogP contribution >= 0.6 is 11.3 Å². The van der Waals surface area contributed by atoms with Gasteiger partial charge in [0.1, 0.15) is 0 Å². The summed E-state index contributed by atoms with van der Waals surface area (Å²) >= 11 is 1.60. The summed E-state index contributed by atoms with van der Waals surface area (Å²) in [6.07, 6.45) is 0.244. The molecule has 0 spiro atoms. The summed E-state index contributed by atoms with van der Waals surface area (Å²) in [4.78, 5) is 12.3. The number of rotatable bonds is 7. The van der Waals surface area contributed by atoms with Crippen molar-refractivity contribution in [1.82, 2.24) is 5.32 Å². The van der Waals surface area contributed by atoms with Gasteiger partial charge in [-0.3, -0.25) is 4.79 Å². The molecule has 3 atom stereocenters. The zero-order chi connectivity index (χ0) is 15.9. The van der Waals surface area contributed by atoms with Crippen molar-refractivity contribution in [3.05, 3.63) is 58.3 Å². The second-order valence-corrected chi connectivity index (χ2v) is 6.50. The van der Waals surface area contributed by atoms with Crippen LogP contribution < -0.4 is 5.32 Å². The number of thiophene rings is 1. The van der Waals surface area contributed by atoms with Crippen molar-refractivity contribution in [2.75, 3.05) is 6.54 Å². The highest BCUT2D eigenvalue weighted by atomic mass is 32.1. The molecule has 1 aromatic heterocycles. The van der Waals surface area contributed by atoms with Crippen molar-refractivity contribution in [1.29, 1.82) is 0 Å². The molecule has 1 aromatic carbocycles. The second-order valence-electron chi connectivity index (χ2n) is 5.72. The molecule has 1 heterocycles. The number of amides is 1. The number of carbonyl (C=O) groups is 1. The van der Waals surface area contributed by atoms with Crippen molar-refractivity contribution in [3.8, 4) is 0 Å². The Hall–Kier alpha value is -1.65. The third-order valence-electron chi connectivity index (χ3n) is 3.86. The molecule has 0 aliphatic heterocycles. The van der Waals surface area contributed by atoms with Crippen LogP contribution in [0.3, 0.4) is 0 Å². The van der Waals surface area contributed by atoms with Crippen molar-refractivity contribution in [2.45, 2.75) is 38.2 Å². The first-order valence-corrected chi connectivity index (χ1v) is 8.55. The smallest absolute Gasteiger partial charge is 0.227 e. The largest absolute Gasteiger partial charge is 0.393 e. The van der Waals surface area contributed by atoms with Gasteiger partial charge >= 0.3 is 0 Å². The highest BCUT2D eigenvalue weighted by Crippen LogP contribution is 2.22. The lowest BCUT2D eigenvalue weighted by molar-refractivity contribution is -0.122. The van der Waals surface area contributed by atoms with E-state index in [1.165, 1.54) is 0 Å². The molecule has 118 valence electrons. The summed E-state index contributed by atoms with van der Waals surface area (Å²) in [5.41, 5.74) is 2.20. The van der Waals surface area contributed by atoms with E-state index >= 15 is 0 Å². The Balaban J connectivity index is 1.97. The van der Waals surface area contributed by atoms with Crippen LogP contribution in [0.1, 0.15) is 43.2 Å². The molecule has 3 unspecified atom stereocenters. The van der Waals surface area contributed by atoms with Gasteiger partial charge < -0.3 is 10.4 Å². The Bertz CT molecular complexity index is 566. The molecule has 0 radical (unpaired) electrons. The van der Waals surface area contributed by atoms with Gasteiger partial charge in [-0.05, 0) is 48.2 Å². The molecule has 0 aliphatic rings. The number of benzene rings is 1. The Morgan fingerprint density at radius 2 is 1.91 bits per heavy atom. The van der Waals surface area contributed by atoms with E-state index in [9.17, 15) is 9.90 Å². The third kappa shape index (κ3) is 4.68. The molecule has 2 aromatic rings. The van der Waals surface area contributed by atoms with Gasteiger partial charge in [0, 0.05) is 12.5 Å². The predicted octanol–water partition coefficient (Wildman–Crippen LogP) is 3.52. The fourth-order valence-electron chi connectivity index (χ4n) is 2.52. The van der Waals surface area contributed by atoms with Crippen LogP contribution in [0.15, 0.2) is 47.2 Å². The highest BCUT2D eigenvalue weighted by Gasteiger charge is 2.19. The monoisotopic (exact) mass is 317 g/mol. The molecular weight excluding hydrogens is 294 g/mol. The minimum Gasteiger partial charge on any atom is -0.393 e. The van der Waals surface area contributed by atoms with Crippen molar-refractivity contribution in [3.63, 3.8) is 0 Å². The Kier molecular flexibility index (Phi) is 6.16. The topological polar surface area (TPSA) is 49.3 Å². The lowest BCUT2D eigenvalue weighted by Gasteiger charge is -2.21. The summed E-state index contributed by atoms with van der Waals surface area (Å²) in [5, 5.41) is 16.7. The van der Waals surface area contributed by atoms with Crippen LogP contribution in [0.4, 0.5) is 0 Å². The number of carbonyl (C=O) groups excluding carboxylic acids is 1. The second kappa shape index (κ2) is 8.11. The quantitative estimate of drug-likeness (QED) is 0.821. The SMILES string of the molecule is CC(O)CC(CNC(=O)C(C)c1ccsc1)c1ccccc1. The molecule has 22 heavy (non-hydrogen) atoms. The first-order valence-electron chi connectivity index (χ1n) is 7.60. The standard InChI is InChI=1S/C18H23NO2S/c1-13(20)10-17(15-6-4-3-5-7-15)11-19-18(21)14(2)16-8-9-22-12-16/h3-9,12-14,17,20H,10-11H2,1-2H3,(H,19,21). The fourth-order valence-corrected chi connectivity index (χ4v) is 3.28. The summed E-state index contributed by atoms with van der Waals surface area (Å²) in [6.45, 7) is 4.25. The van der Waals surface area contributed by atoms with E-state index in [-0.39, 0.29) is 17.7 Å². The molecule has 1 amide bonds. The molecule has 4 heteroatoms. The van der Waals surface area contributed by atoms with E-state index in [4.69, 9.17) is 0 Å². The number of aliphatic hydroxyl groups is 1. The van der Waals surface area contributed by atoms with Gasteiger partial charge in [-0.1, -0.05) is 30.3 Å². The van der Waals surface area contributed by atoms with Crippen LogP contribution in [-0.4, -0.2) is 23.7 Å². The van der Waals surface area contributed by atoms with Crippen LogP contribution in [0.25, 0.3) is 0 Å². The number of aliphatic hydroxyl groups excluding tert-OH is 1. The highest BCUT2D eigenvalue weighted by molar-refractivity contribution is 7.08. The molecule has 3 nitrogen and oxygen atoms in total. The summed E-state index contributed by atoms with van der Waals surface area (Å²) in [7, 11) is 0. The van der Waals surface area contributed by atoms with Crippen molar-refractivity contribution >= 4 is 17.2 Å². The lowest BCUT2D eigenvalue weighted by Crippen LogP contribution is -2.32. The van der Waals surface area contributed by atoms with E-state index in [1.54, 1.807) is 18.3 Å². The maximum absolute atomic E-state index is 12.3. The summed E-state index contributed by atoms with van der Waals surface area (Å²) in [6, 6.07) is 12.0. The maximum Gasteiger partial charge on any atom is 0.227 e. The van der Waals surface area contributed by atoms with Gasteiger partial charge in [-0.25, -0.2) is 0 Å². The van der Waals surface area contributed by atoms with Crippen LogP contribution in [0.5, 0.6) is 0 Å². The maximum atomic E-state index is 12.3. The molecule has 2 N–H and O–H groups in total. The first-order chi connectivity index (χ1) is 10.6. The van der Waals surface area contributed by atoms with Gasteiger partial charge in [0.2, 0.25) is 5.91 Å². The number of nitrogens with one attached hydrogen (secondary N) is 1. The van der Waals surface area contributed by atoms with Crippen LogP contribution in [0, 0.1) is 0 Å². The third-order valence-corrected chi connectivity index (χ3v) is 4.56. The van der Waals surface area contributed by atoms with E-state index in [0.29, 0.717) is 13.0 Å². The molecular formula is C18H23NO2S. The Morgan fingerprint density at radius 3 is 2.50 bits per heavy atom. The van der Waals surface area contributed by atoms with Crippen LogP contribution in [0.2, 0.25) is 0 Å². The fraction of sp³-hybridized carbons (Fsp3) is 0.389. The van der Waals surface area contributed by atoms with Crippen molar-refractivity contribution < 1.29 is 9.90 Å². The molecule has 0 fully saturated rings. The summed E-state index contributed by atoms with van der Waals surface area (Å²) in [5.74, 6) is 0.0129. The van der Waals surface area contributed by atoms with E-state index in [2.05, 4.69) is 5.32 Å². The first kappa shape index (κ1) is 16.7. The Morgan fingerprint density at radius 1 is 1.18 bits per heavy atom. The van der Waals surface area contributed by atoms with Gasteiger partial charge in [-0.2, -0.15) is 11.3 Å². The van der Waals surface area contributed by atoms with Gasteiger partial charge in [0.05, 0.1) is 12.0 Å². The zero-order valence-electron chi connectivity index (χ0n) is 13.0. The van der Waals surface area contributed by atoms with Gasteiger partial charge in [0.15, 0.2) is 0 Å². The van der Waals surface area contributed by atoms with Gasteiger partial charge in [-0.15, -0.1) is 0 Å². The minimum atomic E-state index is -0.392. The van der Waals surface area contributed by atoms with Crippen molar-refractivity contribution in [2.24, 2.45) is 0 Å². The number of hydrogen-bond acceptors (Lipinski definition) is 3. The van der Waals surface area contributed by atoms with E-state index in [1.807, 2.05) is 54.1 Å². The molecule has 2 rings (SSSR count). The molecule has 0 bridgehead atoms.